The number of aromatic nitrogens is 2. The Morgan fingerprint density at radius 1 is 1.14 bits per heavy atom. The maximum atomic E-state index is 12.3. The Balaban J connectivity index is 1.78. The molecule has 22 heavy (non-hydrogen) atoms. The van der Waals surface area contributed by atoms with E-state index in [0.717, 1.165) is 17.1 Å². The molecule has 0 radical (unpaired) electrons. The first kappa shape index (κ1) is 13.9. The Morgan fingerprint density at radius 3 is 2.64 bits per heavy atom. The number of hydrogen-bond donors (Lipinski definition) is 1. The maximum absolute atomic E-state index is 12.3. The summed E-state index contributed by atoms with van der Waals surface area (Å²) in [7, 11) is 1.61. The normalized spacial score (nSPS) is 10.2. The summed E-state index contributed by atoms with van der Waals surface area (Å²) in [5.41, 5.74) is 2.13. The molecule has 0 atom stereocenters. The van der Waals surface area contributed by atoms with Crippen molar-refractivity contribution in [3.8, 4) is 11.4 Å². The number of ether oxygens (including phenoxy) is 1. The van der Waals surface area contributed by atoms with Crippen LogP contribution in [0.3, 0.4) is 0 Å². The SMILES string of the molecule is COc1ccc(NC(=O)c2cccc(-n3cccn3)c2)cc1. The van der Waals surface area contributed by atoms with Crippen LogP contribution in [0.2, 0.25) is 0 Å². The van der Waals surface area contributed by atoms with Gasteiger partial charge in [0.15, 0.2) is 0 Å². The lowest BCUT2D eigenvalue weighted by Crippen LogP contribution is -2.12. The number of anilines is 1. The fourth-order valence-electron chi connectivity index (χ4n) is 2.09. The van der Waals surface area contributed by atoms with Crippen molar-refractivity contribution in [1.29, 1.82) is 0 Å². The standard InChI is InChI=1S/C17H15N3O2/c1-22-16-8-6-14(7-9-16)19-17(21)13-4-2-5-15(12-13)20-11-3-10-18-20/h2-12H,1H3,(H,19,21). The third-order valence-electron chi connectivity index (χ3n) is 3.23. The number of carbonyl (C=O) groups excluding carboxylic acids is 1. The molecule has 3 rings (SSSR count). The van der Waals surface area contributed by atoms with Crippen LogP contribution in [-0.4, -0.2) is 22.8 Å². The van der Waals surface area contributed by atoms with Crippen LogP contribution in [0.25, 0.3) is 5.69 Å². The second-order valence-corrected chi connectivity index (χ2v) is 4.68. The molecule has 2 aromatic carbocycles. The van der Waals surface area contributed by atoms with E-state index in [0.29, 0.717) is 5.56 Å². The van der Waals surface area contributed by atoms with Crippen LogP contribution in [0.15, 0.2) is 67.0 Å². The van der Waals surface area contributed by atoms with E-state index in [9.17, 15) is 4.79 Å². The van der Waals surface area contributed by atoms with Crippen molar-refractivity contribution in [2.24, 2.45) is 0 Å². The second kappa shape index (κ2) is 6.13. The molecule has 0 aliphatic carbocycles. The van der Waals surface area contributed by atoms with Crippen molar-refractivity contribution in [1.82, 2.24) is 9.78 Å². The van der Waals surface area contributed by atoms with E-state index >= 15 is 0 Å². The Hall–Kier alpha value is -3.08. The average molecular weight is 293 g/mol. The minimum Gasteiger partial charge on any atom is -0.497 e. The first-order valence-electron chi connectivity index (χ1n) is 6.82. The van der Waals surface area contributed by atoms with Crippen LogP contribution in [0, 0.1) is 0 Å². The van der Waals surface area contributed by atoms with E-state index < -0.39 is 0 Å². The molecule has 0 fully saturated rings. The number of methoxy groups -OCH3 is 1. The van der Waals surface area contributed by atoms with Gasteiger partial charge in [0.1, 0.15) is 5.75 Å². The third-order valence-corrected chi connectivity index (χ3v) is 3.23. The van der Waals surface area contributed by atoms with Crippen molar-refractivity contribution >= 4 is 11.6 Å². The monoisotopic (exact) mass is 293 g/mol. The molecule has 5 heteroatoms. The predicted molar refractivity (Wildman–Crippen MR) is 84.5 cm³/mol. The summed E-state index contributed by atoms with van der Waals surface area (Å²) in [6.07, 6.45) is 3.53. The number of nitrogens with zero attached hydrogens (tertiary/aromatic N) is 2. The van der Waals surface area contributed by atoms with Gasteiger partial charge in [-0.2, -0.15) is 5.10 Å². The molecule has 0 unspecified atom stereocenters. The molecular weight excluding hydrogens is 278 g/mol. The van der Waals surface area contributed by atoms with Gasteiger partial charge in [0.25, 0.3) is 5.91 Å². The molecule has 110 valence electrons. The fraction of sp³-hybridized carbons (Fsp3) is 0.0588. The summed E-state index contributed by atoms with van der Waals surface area (Å²) < 4.78 is 6.81. The lowest BCUT2D eigenvalue weighted by molar-refractivity contribution is 0.102. The summed E-state index contributed by atoms with van der Waals surface area (Å²) in [6, 6.07) is 16.3. The quantitative estimate of drug-likeness (QED) is 0.804. The smallest absolute Gasteiger partial charge is 0.255 e. The van der Waals surface area contributed by atoms with E-state index in [1.54, 1.807) is 54.4 Å². The molecule has 1 aromatic heterocycles. The Labute approximate surface area is 128 Å². The van der Waals surface area contributed by atoms with E-state index in [1.807, 2.05) is 24.4 Å². The summed E-state index contributed by atoms with van der Waals surface area (Å²) in [5.74, 6) is 0.581. The van der Waals surface area contributed by atoms with E-state index in [4.69, 9.17) is 4.74 Å². The number of rotatable bonds is 4. The Morgan fingerprint density at radius 2 is 1.95 bits per heavy atom. The van der Waals surface area contributed by atoms with Crippen molar-refractivity contribution in [2.45, 2.75) is 0 Å². The molecule has 0 spiro atoms. The van der Waals surface area contributed by atoms with Gasteiger partial charge in [-0.25, -0.2) is 4.68 Å². The van der Waals surface area contributed by atoms with Crippen LogP contribution < -0.4 is 10.1 Å². The highest BCUT2D eigenvalue weighted by atomic mass is 16.5. The summed E-state index contributed by atoms with van der Waals surface area (Å²) >= 11 is 0. The predicted octanol–water partition coefficient (Wildman–Crippen LogP) is 3.13. The van der Waals surface area contributed by atoms with Crippen LogP contribution in [-0.2, 0) is 0 Å². The van der Waals surface area contributed by atoms with Crippen LogP contribution >= 0.6 is 0 Å². The van der Waals surface area contributed by atoms with Gasteiger partial charge in [-0.1, -0.05) is 6.07 Å². The van der Waals surface area contributed by atoms with Gasteiger partial charge in [0.05, 0.1) is 12.8 Å². The lowest BCUT2D eigenvalue weighted by atomic mass is 10.2. The summed E-state index contributed by atoms with van der Waals surface area (Å²) in [5, 5.41) is 7.02. The minimum atomic E-state index is -0.167. The van der Waals surface area contributed by atoms with Gasteiger partial charge in [-0.15, -0.1) is 0 Å². The van der Waals surface area contributed by atoms with Crippen molar-refractivity contribution in [2.75, 3.05) is 12.4 Å². The number of amides is 1. The Bertz CT molecular complexity index is 765. The molecule has 0 aliphatic heterocycles. The number of carbonyl (C=O) groups is 1. The topological polar surface area (TPSA) is 56.1 Å². The van der Waals surface area contributed by atoms with E-state index in [1.165, 1.54) is 0 Å². The fourth-order valence-corrected chi connectivity index (χ4v) is 2.09. The van der Waals surface area contributed by atoms with Gasteiger partial charge in [-0.05, 0) is 48.5 Å². The van der Waals surface area contributed by atoms with Gasteiger partial charge in [-0.3, -0.25) is 4.79 Å². The van der Waals surface area contributed by atoms with Crippen molar-refractivity contribution in [3.63, 3.8) is 0 Å². The minimum absolute atomic E-state index is 0.167. The zero-order chi connectivity index (χ0) is 15.4. The van der Waals surface area contributed by atoms with Crippen molar-refractivity contribution < 1.29 is 9.53 Å². The molecule has 0 bridgehead atoms. The molecular formula is C17H15N3O2. The third kappa shape index (κ3) is 2.98. The molecule has 3 aromatic rings. The van der Waals surface area contributed by atoms with E-state index in [-0.39, 0.29) is 5.91 Å². The molecule has 0 saturated heterocycles. The van der Waals surface area contributed by atoms with Gasteiger partial charge in [0.2, 0.25) is 0 Å². The largest absolute Gasteiger partial charge is 0.497 e. The zero-order valence-corrected chi connectivity index (χ0v) is 12.1. The number of nitrogens with one attached hydrogen (secondary N) is 1. The molecule has 1 N–H and O–H groups in total. The second-order valence-electron chi connectivity index (χ2n) is 4.68. The highest BCUT2D eigenvalue weighted by Crippen LogP contribution is 2.16. The molecule has 1 amide bonds. The van der Waals surface area contributed by atoms with Gasteiger partial charge in [0, 0.05) is 23.6 Å². The highest BCUT2D eigenvalue weighted by Gasteiger charge is 2.07. The zero-order valence-electron chi connectivity index (χ0n) is 12.1. The summed E-state index contributed by atoms with van der Waals surface area (Å²) in [6.45, 7) is 0. The molecule has 1 heterocycles. The first-order chi connectivity index (χ1) is 10.8. The molecule has 5 nitrogen and oxygen atoms in total. The van der Waals surface area contributed by atoms with Gasteiger partial charge >= 0.3 is 0 Å². The summed E-state index contributed by atoms with van der Waals surface area (Å²) in [4.78, 5) is 12.3. The number of hydrogen-bond acceptors (Lipinski definition) is 3. The first-order valence-corrected chi connectivity index (χ1v) is 6.82. The Kier molecular flexibility index (Phi) is 3.87. The highest BCUT2D eigenvalue weighted by molar-refractivity contribution is 6.04. The maximum Gasteiger partial charge on any atom is 0.255 e. The van der Waals surface area contributed by atoms with Crippen molar-refractivity contribution in [3.05, 3.63) is 72.6 Å². The molecule has 0 saturated carbocycles. The van der Waals surface area contributed by atoms with Gasteiger partial charge < -0.3 is 10.1 Å². The average Bonchev–Trinajstić information content (AvgIpc) is 3.10. The van der Waals surface area contributed by atoms with Crippen LogP contribution in [0.1, 0.15) is 10.4 Å². The lowest BCUT2D eigenvalue weighted by Gasteiger charge is -2.08. The number of benzene rings is 2. The van der Waals surface area contributed by atoms with Crippen LogP contribution in [0.4, 0.5) is 5.69 Å². The van der Waals surface area contributed by atoms with Crippen LogP contribution in [0.5, 0.6) is 5.75 Å². The van der Waals surface area contributed by atoms with E-state index in [2.05, 4.69) is 10.4 Å². The molecule has 0 aliphatic rings.